The zero-order valence-electron chi connectivity index (χ0n) is 17.2. The molecule has 0 radical (unpaired) electrons. The van der Waals surface area contributed by atoms with Gasteiger partial charge < -0.3 is 15.4 Å². The predicted octanol–water partition coefficient (Wildman–Crippen LogP) is 2.93. The Morgan fingerprint density at radius 2 is 1.69 bits per heavy atom. The van der Waals surface area contributed by atoms with E-state index in [0.717, 1.165) is 12.1 Å². The van der Waals surface area contributed by atoms with Gasteiger partial charge in [0.25, 0.3) is 5.91 Å². The fourth-order valence-corrected chi connectivity index (χ4v) is 2.73. The zero-order chi connectivity index (χ0) is 23.3. The van der Waals surface area contributed by atoms with Crippen LogP contribution in [-0.4, -0.2) is 39.4 Å². The molecule has 9 nitrogen and oxygen atoms in total. The fraction of sp³-hybridized carbons (Fsp3) is 0.190. The number of ether oxygens (including phenoxy) is 1. The van der Waals surface area contributed by atoms with Gasteiger partial charge in [0.1, 0.15) is 6.54 Å². The van der Waals surface area contributed by atoms with Crippen molar-refractivity contribution in [2.75, 3.05) is 17.2 Å². The number of anilines is 2. The molecule has 3 aromatic rings. The predicted molar refractivity (Wildman–Crippen MR) is 110 cm³/mol. The number of esters is 1. The molecular formula is C21H19F2N5O4. The SMILES string of the molecule is CCOC(=O)c1ccc(NC(=O)Cn2nnc(C(=O)Nc3ccc(F)c(F)c3)c2C)cc1. The van der Waals surface area contributed by atoms with Gasteiger partial charge >= 0.3 is 5.97 Å². The Balaban J connectivity index is 1.62. The topological polar surface area (TPSA) is 115 Å². The van der Waals surface area contributed by atoms with Crippen LogP contribution in [0.25, 0.3) is 0 Å². The number of nitrogens with one attached hydrogen (secondary N) is 2. The Labute approximate surface area is 181 Å². The standard InChI is InChI=1S/C21H19F2N5O4/c1-3-32-21(31)13-4-6-14(7-5-13)24-18(29)11-28-12(2)19(26-27-28)20(30)25-15-8-9-16(22)17(23)10-15/h4-10H,3,11H2,1-2H3,(H,24,29)(H,25,30). The van der Waals surface area contributed by atoms with Crippen molar-refractivity contribution in [3.05, 3.63) is 71.1 Å². The van der Waals surface area contributed by atoms with Crippen molar-refractivity contribution in [1.82, 2.24) is 15.0 Å². The molecule has 0 bridgehead atoms. The number of amides is 2. The van der Waals surface area contributed by atoms with Gasteiger partial charge in [0.15, 0.2) is 17.3 Å². The van der Waals surface area contributed by atoms with E-state index >= 15 is 0 Å². The second-order valence-corrected chi connectivity index (χ2v) is 6.61. The molecule has 0 unspecified atom stereocenters. The van der Waals surface area contributed by atoms with E-state index in [-0.39, 0.29) is 24.5 Å². The summed E-state index contributed by atoms with van der Waals surface area (Å²) in [5.41, 5.74) is 1.09. The lowest BCUT2D eigenvalue weighted by Gasteiger charge is -2.08. The van der Waals surface area contributed by atoms with Crippen LogP contribution in [0.2, 0.25) is 0 Å². The van der Waals surface area contributed by atoms with Gasteiger partial charge in [0.2, 0.25) is 5.91 Å². The second-order valence-electron chi connectivity index (χ2n) is 6.61. The van der Waals surface area contributed by atoms with Gasteiger partial charge in [0.05, 0.1) is 17.9 Å². The minimum Gasteiger partial charge on any atom is -0.462 e. The van der Waals surface area contributed by atoms with E-state index < -0.39 is 29.4 Å². The van der Waals surface area contributed by atoms with Crippen LogP contribution in [0.1, 0.15) is 33.5 Å². The summed E-state index contributed by atoms with van der Waals surface area (Å²) in [6.07, 6.45) is 0. The van der Waals surface area contributed by atoms with Crippen LogP contribution < -0.4 is 10.6 Å². The lowest BCUT2D eigenvalue weighted by molar-refractivity contribution is -0.117. The first kappa shape index (κ1) is 22.5. The molecular weight excluding hydrogens is 424 g/mol. The zero-order valence-corrected chi connectivity index (χ0v) is 17.2. The van der Waals surface area contributed by atoms with Gasteiger partial charge in [-0.3, -0.25) is 9.59 Å². The molecule has 11 heteroatoms. The van der Waals surface area contributed by atoms with Crippen LogP contribution in [0.15, 0.2) is 42.5 Å². The molecule has 32 heavy (non-hydrogen) atoms. The maximum absolute atomic E-state index is 13.3. The molecule has 3 rings (SSSR count). The van der Waals surface area contributed by atoms with E-state index in [4.69, 9.17) is 4.74 Å². The van der Waals surface area contributed by atoms with Crippen molar-refractivity contribution in [1.29, 1.82) is 0 Å². The average molecular weight is 443 g/mol. The Hall–Kier alpha value is -4.15. The Morgan fingerprint density at radius 3 is 2.34 bits per heavy atom. The maximum Gasteiger partial charge on any atom is 0.338 e. The first-order chi connectivity index (χ1) is 15.3. The van der Waals surface area contributed by atoms with Crippen molar-refractivity contribution in [2.24, 2.45) is 0 Å². The number of rotatable bonds is 7. The van der Waals surface area contributed by atoms with Crippen molar-refractivity contribution in [3.63, 3.8) is 0 Å². The van der Waals surface area contributed by atoms with E-state index in [1.807, 2.05) is 0 Å². The summed E-state index contributed by atoms with van der Waals surface area (Å²) in [6.45, 7) is 3.28. The van der Waals surface area contributed by atoms with Crippen LogP contribution in [-0.2, 0) is 16.1 Å². The van der Waals surface area contributed by atoms with Gasteiger partial charge in [0, 0.05) is 17.4 Å². The third kappa shape index (κ3) is 5.31. The van der Waals surface area contributed by atoms with Gasteiger partial charge in [-0.15, -0.1) is 5.10 Å². The summed E-state index contributed by atoms with van der Waals surface area (Å²) in [4.78, 5) is 36.4. The number of nitrogens with zero attached hydrogens (tertiary/aromatic N) is 3. The molecule has 1 aromatic heterocycles. The number of carbonyl (C=O) groups excluding carboxylic acids is 3. The van der Waals surface area contributed by atoms with E-state index in [9.17, 15) is 23.2 Å². The quantitative estimate of drug-likeness (QED) is 0.543. The highest BCUT2D eigenvalue weighted by Crippen LogP contribution is 2.15. The second kappa shape index (κ2) is 9.77. The summed E-state index contributed by atoms with van der Waals surface area (Å²) in [5, 5.41) is 12.6. The van der Waals surface area contributed by atoms with Crippen molar-refractivity contribution in [3.8, 4) is 0 Å². The lowest BCUT2D eigenvalue weighted by Crippen LogP contribution is -2.21. The normalized spacial score (nSPS) is 10.5. The highest BCUT2D eigenvalue weighted by atomic mass is 19.2. The molecule has 0 aliphatic rings. The molecule has 2 N–H and O–H groups in total. The number of carbonyl (C=O) groups is 3. The molecule has 166 valence electrons. The summed E-state index contributed by atoms with van der Waals surface area (Å²) >= 11 is 0. The smallest absolute Gasteiger partial charge is 0.338 e. The summed E-state index contributed by atoms with van der Waals surface area (Å²) in [5.74, 6) is -3.72. The number of halogens is 2. The number of hydrogen-bond donors (Lipinski definition) is 2. The highest BCUT2D eigenvalue weighted by Gasteiger charge is 2.19. The van der Waals surface area contributed by atoms with E-state index in [2.05, 4.69) is 20.9 Å². The van der Waals surface area contributed by atoms with Crippen LogP contribution in [0.5, 0.6) is 0 Å². The van der Waals surface area contributed by atoms with Crippen LogP contribution in [0, 0.1) is 18.6 Å². The van der Waals surface area contributed by atoms with Crippen molar-refractivity contribution >= 4 is 29.2 Å². The molecule has 0 spiro atoms. The number of hydrogen-bond acceptors (Lipinski definition) is 6. The van der Waals surface area contributed by atoms with Crippen LogP contribution >= 0.6 is 0 Å². The minimum absolute atomic E-state index is 0.0480. The molecule has 0 aliphatic carbocycles. The Morgan fingerprint density at radius 1 is 1.00 bits per heavy atom. The molecule has 2 aromatic carbocycles. The monoisotopic (exact) mass is 443 g/mol. The molecule has 0 saturated heterocycles. The largest absolute Gasteiger partial charge is 0.462 e. The lowest BCUT2D eigenvalue weighted by atomic mass is 10.2. The summed E-state index contributed by atoms with van der Waals surface area (Å²) in [7, 11) is 0. The van der Waals surface area contributed by atoms with Gasteiger partial charge in [-0.25, -0.2) is 18.3 Å². The molecule has 0 saturated carbocycles. The van der Waals surface area contributed by atoms with Crippen molar-refractivity contribution in [2.45, 2.75) is 20.4 Å². The maximum atomic E-state index is 13.3. The van der Waals surface area contributed by atoms with Gasteiger partial charge in [-0.2, -0.15) is 0 Å². The summed E-state index contributed by atoms with van der Waals surface area (Å²) in [6, 6.07) is 9.09. The molecule has 0 aliphatic heterocycles. The van der Waals surface area contributed by atoms with Crippen LogP contribution in [0.4, 0.5) is 20.2 Å². The molecule has 2 amide bonds. The first-order valence-electron chi connectivity index (χ1n) is 9.52. The van der Waals surface area contributed by atoms with Gasteiger partial charge in [-0.1, -0.05) is 5.21 Å². The number of benzene rings is 2. The third-order valence-electron chi connectivity index (χ3n) is 4.35. The van der Waals surface area contributed by atoms with E-state index in [1.165, 1.54) is 22.9 Å². The van der Waals surface area contributed by atoms with Crippen molar-refractivity contribution < 1.29 is 27.9 Å². The molecule has 0 fully saturated rings. The Bertz CT molecular complexity index is 1160. The minimum atomic E-state index is -1.10. The van der Waals surface area contributed by atoms with E-state index in [0.29, 0.717) is 16.9 Å². The van der Waals surface area contributed by atoms with Gasteiger partial charge in [-0.05, 0) is 50.2 Å². The number of aromatic nitrogens is 3. The highest BCUT2D eigenvalue weighted by molar-refractivity contribution is 6.03. The molecule has 0 atom stereocenters. The fourth-order valence-electron chi connectivity index (χ4n) is 2.73. The Kier molecular flexibility index (Phi) is 6.88. The third-order valence-corrected chi connectivity index (χ3v) is 4.35. The summed E-state index contributed by atoms with van der Waals surface area (Å²) < 4.78 is 32.5. The van der Waals surface area contributed by atoms with E-state index in [1.54, 1.807) is 26.0 Å². The molecule has 1 heterocycles. The first-order valence-corrected chi connectivity index (χ1v) is 9.52. The van der Waals surface area contributed by atoms with Crippen LogP contribution in [0.3, 0.4) is 0 Å². The average Bonchev–Trinajstić information content (AvgIpc) is 3.11.